The Balaban J connectivity index is 0.00000147. The fourth-order valence-corrected chi connectivity index (χ4v) is 3.10. The van der Waals surface area contributed by atoms with Gasteiger partial charge in [0.05, 0.1) is 5.54 Å². The Morgan fingerprint density at radius 3 is 2.90 bits per heavy atom. The summed E-state index contributed by atoms with van der Waals surface area (Å²) in [6, 6.07) is 4.73. The van der Waals surface area contributed by atoms with E-state index < -0.39 is 5.54 Å². The molecule has 0 bridgehead atoms. The third-order valence-electron chi connectivity index (χ3n) is 4.28. The van der Waals surface area contributed by atoms with Crippen LogP contribution < -0.4 is 10.2 Å². The molecule has 0 spiro atoms. The van der Waals surface area contributed by atoms with Gasteiger partial charge >= 0.3 is 0 Å². The van der Waals surface area contributed by atoms with E-state index in [4.69, 9.17) is 0 Å². The quantitative estimate of drug-likeness (QED) is 0.864. The van der Waals surface area contributed by atoms with Crippen molar-refractivity contribution in [3.63, 3.8) is 0 Å². The molecule has 0 saturated carbocycles. The van der Waals surface area contributed by atoms with E-state index in [2.05, 4.69) is 5.32 Å². The van der Waals surface area contributed by atoms with Crippen molar-refractivity contribution in [3.8, 4) is 0 Å². The lowest BCUT2D eigenvalue weighted by Gasteiger charge is -2.36. The summed E-state index contributed by atoms with van der Waals surface area (Å²) in [7, 11) is 0. The number of anilines is 1. The second-order valence-corrected chi connectivity index (χ2v) is 5.70. The van der Waals surface area contributed by atoms with Crippen molar-refractivity contribution in [1.82, 2.24) is 5.32 Å². The molecule has 1 aromatic carbocycles. The second-order valence-electron chi connectivity index (χ2n) is 5.70. The van der Waals surface area contributed by atoms with Crippen LogP contribution in [0.15, 0.2) is 18.2 Å². The topological polar surface area (TPSA) is 32.3 Å². The van der Waals surface area contributed by atoms with Crippen molar-refractivity contribution in [3.05, 3.63) is 29.6 Å². The molecule has 1 fully saturated rings. The van der Waals surface area contributed by atoms with E-state index in [0.717, 1.165) is 43.5 Å². The standard InChI is InChI=1S/C15H19FN2O.ClH/c1-15(7-2-3-8-17-15)14(19)18-9-6-11-4-5-12(16)10-13(11)18;/h4-5,10,17H,2-3,6-9H2,1H3;1H. The number of nitrogens with one attached hydrogen (secondary N) is 1. The van der Waals surface area contributed by atoms with E-state index in [1.165, 1.54) is 12.1 Å². The van der Waals surface area contributed by atoms with Gasteiger partial charge in [-0.2, -0.15) is 0 Å². The van der Waals surface area contributed by atoms with Gasteiger partial charge in [0.15, 0.2) is 0 Å². The Hall–Kier alpha value is -1.13. The first-order valence-corrected chi connectivity index (χ1v) is 6.96. The molecule has 1 aromatic rings. The van der Waals surface area contributed by atoms with Crippen LogP contribution in [-0.4, -0.2) is 24.5 Å². The molecule has 1 unspecified atom stereocenters. The highest BCUT2D eigenvalue weighted by atomic mass is 35.5. The van der Waals surface area contributed by atoms with Crippen molar-refractivity contribution in [2.24, 2.45) is 0 Å². The number of carbonyl (C=O) groups is 1. The van der Waals surface area contributed by atoms with E-state index in [9.17, 15) is 9.18 Å². The molecule has 20 heavy (non-hydrogen) atoms. The highest BCUT2D eigenvalue weighted by Gasteiger charge is 2.39. The number of carbonyl (C=O) groups excluding carboxylic acids is 1. The first-order valence-electron chi connectivity index (χ1n) is 6.96. The van der Waals surface area contributed by atoms with E-state index in [0.29, 0.717) is 6.54 Å². The average molecular weight is 299 g/mol. The van der Waals surface area contributed by atoms with Crippen LogP contribution in [0.3, 0.4) is 0 Å². The highest BCUT2D eigenvalue weighted by Crippen LogP contribution is 2.32. The lowest BCUT2D eigenvalue weighted by atomic mass is 9.89. The minimum Gasteiger partial charge on any atom is -0.310 e. The van der Waals surface area contributed by atoms with Crippen LogP contribution in [0.1, 0.15) is 31.7 Å². The van der Waals surface area contributed by atoms with Crippen LogP contribution in [0.4, 0.5) is 10.1 Å². The molecule has 0 radical (unpaired) electrons. The molecule has 1 atom stereocenters. The van der Waals surface area contributed by atoms with E-state index in [1.807, 2.05) is 6.92 Å². The number of nitrogens with zero attached hydrogens (tertiary/aromatic N) is 1. The van der Waals surface area contributed by atoms with Crippen molar-refractivity contribution in [2.75, 3.05) is 18.0 Å². The van der Waals surface area contributed by atoms with Gasteiger partial charge in [0.1, 0.15) is 5.82 Å². The van der Waals surface area contributed by atoms with Crippen molar-refractivity contribution >= 4 is 24.0 Å². The van der Waals surface area contributed by atoms with Gasteiger partial charge in [-0.05, 0) is 56.8 Å². The summed E-state index contributed by atoms with van der Waals surface area (Å²) in [4.78, 5) is 14.5. The van der Waals surface area contributed by atoms with Crippen LogP contribution in [0.2, 0.25) is 0 Å². The van der Waals surface area contributed by atoms with Gasteiger partial charge in [-0.25, -0.2) is 4.39 Å². The number of amides is 1. The minimum atomic E-state index is -0.494. The maximum absolute atomic E-state index is 13.4. The van der Waals surface area contributed by atoms with Crippen molar-refractivity contribution in [2.45, 2.75) is 38.1 Å². The molecule has 1 saturated heterocycles. The summed E-state index contributed by atoms with van der Waals surface area (Å²) in [5, 5.41) is 3.33. The molecule has 2 heterocycles. The molecule has 3 rings (SSSR count). The molecule has 110 valence electrons. The minimum absolute atomic E-state index is 0. The maximum atomic E-state index is 13.4. The van der Waals surface area contributed by atoms with Crippen molar-refractivity contribution in [1.29, 1.82) is 0 Å². The van der Waals surface area contributed by atoms with Crippen LogP contribution in [0.25, 0.3) is 0 Å². The molecule has 0 aliphatic carbocycles. The normalized spacial score (nSPS) is 25.0. The average Bonchev–Trinajstić information content (AvgIpc) is 2.81. The van der Waals surface area contributed by atoms with Gasteiger partial charge in [-0.1, -0.05) is 6.07 Å². The van der Waals surface area contributed by atoms with E-state index in [1.54, 1.807) is 11.0 Å². The molecule has 5 heteroatoms. The molecule has 3 nitrogen and oxygen atoms in total. The van der Waals surface area contributed by atoms with Gasteiger partial charge in [-0.15, -0.1) is 12.4 Å². The van der Waals surface area contributed by atoms with Crippen LogP contribution in [0.5, 0.6) is 0 Å². The predicted octanol–water partition coefficient (Wildman–Crippen LogP) is 2.67. The lowest BCUT2D eigenvalue weighted by Crippen LogP contribution is -2.57. The zero-order valence-electron chi connectivity index (χ0n) is 11.6. The smallest absolute Gasteiger partial charge is 0.247 e. The molecule has 2 aliphatic rings. The predicted molar refractivity (Wildman–Crippen MR) is 80.0 cm³/mol. The van der Waals surface area contributed by atoms with Gasteiger partial charge in [0.2, 0.25) is 5.91 Å². The Morgan fingerprint density at radius 2 is 2.20 bits per heavy atom. The first kappa shape index (κ1) is 15.3. The number of piperidine rings is 1. The number of hydrogen-bond donors (Lipinski definition) is 1. The number of rotatable bonds is 1. The maximum Gasteiger partial charge on any atom is 0.247 e. The molecule has 2 aliphatic heterocycles. The van der Waals surface area contributed by atoms with Gasteiger partial charge in [0, 0.05) is 12.2 Å². The van der Waals surface area contributed by atoms with E-state index >= 15 is 0 Å². The molecule has 1 N–H and O–H groups in total. The Labute approximate surface area is 124 Å². The van der Waals surface area contributed by atoms with Gasteiger partial charge < -0.3 is 10.2 Å². The summed E-state index contributed by atoms with van der Waals surface area (Å²) in [6.45, 7) is 3.51. The van der Waals surface area contributed by atoms with Crippen LogP contribution >= 0.6 is 12.4 Å². The number of hydrogen-bond acceptors (Lipinski definition) is 2. The Kier molecular flexibility index (Phi) is 4.35. The summed E-state index contributed by atoms with van der Waals surface area (Å²) < 4.78 is 13.4. The fourth-order valence-electron chi connectivity index (χ4n) is 3.10. The third-order valence-corrected chi connectivity index (χ3v) is 4.28. The number of benzene rings is 1. The summed E-state index contributed by atoms with van der Waals surface area (Å²) in [6.07, 6.45) is 3.86. The Bertz CT molecular complexity index is 515. The first-order chi connectivity index (χ1) is 9.10. The lowest BCUT2D eigenvalue weighted by molar-refractivity contribution is -0.125. The zero-order valence-corrected chi connectivity index (χ0v) is 12.4. The largest absolute Gasteiger partial charge is 0.310 e. The molecular formula is C15H20ClFN2O. The summed E-state index contributed by atoms with van der Waals surface area (Å²) in [5.74, 6) is -0.197. The molecular weight excluding hydrogens is 279 g/mol. The van der Waals surface area contributed by atoms with Crippen LogP contribution in [-0.2, 0) is 11.2 Å². The number of halogens is 2. The Morgan fingerprint density at radius 1 is 1.40 bits per heavy atom. The van der Waals surface area contributed by atoms with Gasteiger partial charge in [-0.3, -0.25) is 4.79 Å². The zero-order chi connectivity index (χ0) is 13.5. The molecule has 0 aromatic heterocycles. The van der Waals surface area contributed by atoms with Gasteiger partial charge in [0.25, 0.3) is 0 Å². The summed E-state index contributed by atoms with van der Waals surface area (Å²) >= 11 is 0. The number of fused-ring (bicyclic) bond motifs is 1. The molecule has 1 amide bonds. The SMILES string of the molecule is CC1(C(=O)N2CCc3ccc(F)cc32)CCCCN1.Cl. The van der Waals surface area contributed by atoms with E-state index in [-0.39, 0.29) is 24.1 Å². The second kappa shape index (κ2) is 5.70. The van der Waals surface area contributed by atoms with Crippen molar-refractivity contribution < 1.29 is 9.18 Å². The highest BCUT2D eigenvalue weighted by molar-refractivity contribution is 6.01. The van der Waals surface area contributed by atoms with Crippen LogP contribution in [0, 0.1) is 5.82 Å². The monoisotopic (exact) mass is 298 g/mol. The summed E-state index contributed by atoms with van der Waals surface area (Å²) in [5.41, 5.74) is 1.32. The third kappa shape index (κ3) is 2.54. The fraction of sp³-hybridized carbons (Fsp3) is 0.533.